The number of fused-ring (bicyclic) bond motifs is 1. The number of nitrogens with zero attached hydrogens (tertiary/aromatic N) is 2. The van der Waals surface area contributed by atoms with Crippen molar-refractivity contribution in [3.8, 4) is 0 Å². The molecule has 0 saturated carbocycles. The number of pyridine rings is 1. The van der Waals surface area contributed by atoms with Crippen LogP contribution < -0.4 is 5.73 Å². The zero-order chi connectivity index (χ0) is 15.5. The molecule has 0 aliphatic carbocycles. The van der Waals surface area contributed by atoms with Crippen LogP contribution in [0.1, 0.15) is 35.1 Å². The predicted octanol–water partition coefficient (Wildman–Crippen LogP) is 2.69. The van der Waals surface area contributed by atoms with E-state index in [0.29, 0.717) is 36.9 Å². The topological polar surface area (TPSA) is 68.5 Å². The first kappa shape index (κ1) is 15.2. The maximum Gasteiger partial charge on any atom is 0.266 e. The van der Waals surface area contributed by atoms with E-state index >= 15 is 0 Å². The third kappa shape index (κ3) is 2.94. The van der Waals surface area contributed by atoms with Crippen LogP contribution in [-0.2, 0) is 11.2 Å². The van der Waals surface area contributed by atoms with E-state index in [0.717, 1.165) is 35.2 Å². The Balaban J connectivity index is 1.89. The lowest BCUT2D eigenvalue weighted by Crippen LogP contribution is -2.40. The van der Waals surface area contributed by atoms with Crippen LogP contribution in [0.25, 0.3) is 10.2 Å². The summed E-state index contributed by atoms with van der Waals surface area (Å²) in [6.45, 7) is 4.61. The highest BCUT2D eigenvalue weighted by molar-refractivity contribution is 7.21. The molecule has 0 radical (unpaired) electrons. The zero-order valence-corrected chi connectivity index (χ0v) is 13.6. The summed E-state index contributed by atoms with van der Waals surface area (Å²) in [5.74, 6) is -0.00101. The van der Waals surface area contributed by atoms with Gasteiger partial charge in [-0.15, -0.1) is 11.3 Å². The van der Waals surface area contributed by atoms with Gasteiger partial charge in [-0.3, -0.25) is 4.79 Å². The van der Waals surface area contributed by atoms with E-state index in [2.05, 4.69) is 11.9 Å². The molecule has 1 aliphatic rings. The third-order valence-electron chi connectivity index (χ3n) is 3.93. The lowest BCUT2D eigenvalue weighted by atomic mass is 10.1. The van der Waals surface area contributed by atoms with Crippen molar-refractivity contribution in [1.82, 2.24) is 9.88 Å². The fourth-order valence-corrected chi connectivity index (χ4v) is 3.68. The fourth-order valence-electron chi connectivity index (χ4n) is 2.60. The average Bonchev–Trinajstić information content (AvgIpc) is 2.89. The summed E-state index contributed by atoms with van der Waals surface area (Å²) in [5, 5.41) is 0.891. The van der Waals surface area contributed by atoms with Crippen LogP contribution in [0, 0.1) is 0 Å². The second-order valence-corrected chi connectivity index (χ2v) is 6.51. The number of hydrogen-bond donors (Lipinski definition) is 1. The number of aromatic nitrogens is 1. The molecule has 1 fully saturated rings. The quantitative estimate of drug-likeness (QED) is 0.941. The summed E-state index contributed by atoms with van der Waals surface area (Å²) < 4.78 is 5.29. The van der Waals surface area contributed by atoms with Gasteiger partial charge in [0.05, 0.1) is 18.9 Å². The Bertz CT molecular complexity index is 677. The van der Waals surface area contributed by atoms with E-state index < -0.39 is 0 Å². The van der Waals surface area contributed by atoms with Crippen LogP contribution in [0.3, 0.4) is 0 Å². The van der Waals surface area contributed by atoms with Gasteiger partial charge in [0.1, 0.15) is 9.71 Å². The molecule has 118 valence electrons. The van der Waals surface area contributed by atoms with Crippen molar-refractivity contribution in [1.29, 1.82) is 0 Å². The van der Waals surface area contributed by atoms with Gasteiger partial charge in [-0.2, -0.15) is 0 Å². The van der Waals surface area contributed by atoms with Crippen molar-refractivity contribution < 1.29 is 9.53 Å². The number of rotatable bonds is 4. The van der Waals surface area contributed by atoms with Crippen LogP contribution in [0.4, 0.5) is 5.69 Å². The molecule has 0 atom stereocenters. The van der Waals surface area contributed by atoms with E-state index in [-0.39, 0.29) is 5.91 Å². The maximum absolute atomic E-state index is 12.6. The summed E-state index contributed by atoms with van der Waals surface area (Å²) in [6.07, 6.45) is 3.24. The first-order chi connectivity index (χ1) is 10.7. The van der Waals surface area contributed by atoms with E-state index in [9.17, 15) is 4.79 Å². The molecule has 2 aromatic rings. The minimum Gasteiger partial charge on any atom is -0.397 e. The lowest BCUT2D eigenvalue weighted by Gasteiger charge is -2.26. The maximum atomic E-state index is 12.6. The number of carbonyl (C=O) groups is 1. The van der Waals surface area contributed by atoms with Crippen molar-refractivity contribution in [2.45, 2.75) is 26.2 Å². The zero-order valence-electron chi connectivity index (χ0n) is 12.8. The molecule has 6 heteroatoms. The number of unbranched alkanes of at least 4 members (excludes halogenated alkanes) is 1. The molecular formula is C16H21N3O2S. The van der Waals surface area contributed by atoms with Gasteiger partial charge in [-0.1, -0.05) is 13.3 Å². The van der Waals surface area contributed by atoms with E-state index in [1.807, 2.05) is 17.0 Å². The Morgan fingerprint density at radius 3 is 2.91 bits per heavy atom. The molecule has 1 amide bonds. The second-order valence-electron chi connectivity index (χ2n) is 5.51. The van der Waals surface area contributed by atoms with Crippen LogP contribution in [0.5, 0.6) is 0 Å². The standard InChI is InChI=1S/C16H21N3O2S/c1-2-3-4-11-5-6-12-13(17)14(22-15(12)18-11)16(20)19-7-9-21-10-8-19/h5-6H,2-4,7-10,17H2,1H3. The molecule has 1 aliphatic heterocycles. The van der Waals surface area contributed by atoms with Gasteiger partial charge in [-0.25, -0.2) is 4.98 Å². The van der Waals surface area contributed by atoms with Gasteiger partial charge in [0.15, 0.2) is 0 Å². The summed E-state index contributed by atoms with van der Waals surface area (Å²) in [7, 11) is 0. The van der Waals surface area contributed by atoms with Crippen LogP contribution in [-0.4, -0.2) is 42.1 Å². The monoisotopic (exact) mass is 319 g/mol. The fraction of sp³-hybridized carbons (Fsp3) is 0.500. The van der Waals surface area contributed by atoms with Gasteiger partial charge < -0.3 is 15.4 Å². The van der Waals surface area contributed by atoms with Crippen molar-refractivity contribution >= 4 is 33.1 Å². The number of aryl methyl sites for hydroxylation is 1. The van der Waals surface area contributed by atoms with Crippen molar-refractivity contribution in [2.75, 3.05) is 32.0 Å². The molecule has 1 saturated heterocycles. The summed E-state index contributed by atoms with van der Waals surface area (Å²) in [4.78, 5) is 20.6. The number of anilines is 1. The number of hydrogen-bond acceptors (Lipinski definition) is 5. The Kier molecular flexibility index (Phi) is 4.59. The first-order valence-electron chi connectivity index (χ1n) is 7.75. The summed E-state index contributed by atoms with van der Waals surface area (Å²) in [6, 6.07) is 4.01. The Morgan fingerprint density at radius 1 is 1.41 bits per heavy atom. The number of nitrogen functional groups attached to an aromatic ring is 1. The van der Waals surface area contributed by atoms with E-state index in [1.54, 1.807) is 0 Å². The predicted molar refractivity (Wildman–Crippen MR) is 89.4 cm³/mol. The van der Waals surface area contributed by atoms with Crippen molar-refractivity contribution in [2.24, 2.45) is 0 Å². The first-order valence-corrected chi connectivity index (χ1v) is 8.57. The smallest absolute Gasteiger partial charge is 0.266 e. The molecular weight excluding hydrogens is 298 g/mol. The Morgan fingerprint density at radius 2 is 2.18 bits per heavy atom. The van der Waals surface area contributed by atoms with Crippen molar-refractivity contribution in [3.05, 3.63) is 22.7 Å². The average molecular weight is 319 g/mol. The summed E-state index contributed by atoms with van der Waals surface area (Å²) in [5.41, 5.74) is 7.82. The molecule has 22 heavy (non-hydrogen) atoms. The largest absolute Gasteiger partial charge is 0.397 e. The highest BCUT2D eigenvalue weighted by Crippen LogP contribution is 2.33. The Labute approximate surface area is 134 Å². The van der Waals surface area contributed by atoms with E-state index in [1.165, 1.54) is 11.3 Å². The molecule has 2 N–H and O–H groups in total. The number of morpholine rings is 1. The minimum absolute atomic E-state index is 0.00101. The molecule has 3 rings (SSSR count). The molecule has 5 nitrogen and oxygen atoms in total. The lowest BCUT2D eigenvalue weighted by molar-refractivity contribution is 0.0307. The second kappa shape index (κ2) is 6.62. The van der Waals surface area contributed by atoms with Crippen LogP contribution >= 0.6 is 11.3 Å². The normalized spacial score (nSPS) is 15.4. The molecule has 0 unspecified atom stereocenters. The number of thiophene rings is 1. The van der Waals surface area contributed by atoms with Gasteiger partial charge >= 0.3 is 0 Å². The Hall–Kier alpha value is -1.66. The van der Waals surface area contributed by atoms with Crippen LogP contribution in [0.2, 0.25) is 0 Å². The van der Waals surface area contributed by atoms with Gasteiger partial charge in [0, 0.05) is 24.2 Å². The minimum atomic E-state index is -0.00101. The summed E-state index contributed by atoms with van der Waals surface area (Å²) >= 11 is 1.41. The van der Waals surface area contributed by atoms with E-state index in [4.69, 9.17) is 10.5 Å². The molecule has 0 aromatic carbocycles. The number of amides is 1. The number of ether oxygens (including phenoxy) is 1. The van der Waals surface area contributed by atoms with Gasteiger partial charge in [-0.05, 0) is 25.0 Å². The van der Waals surface area contributed by atoms with Gasteiger partial charge in [0.25, 0.3) is 5.91 Å². The molecule has 2 aromatic heterocycles. The third-order valence-corrected chi connectivity index (χ3v) is 5.03. The molecule has 0 bridgehead atoms. The highest BCUT2D eigenvalue weighted by atomic mass is 32.1. The highest BCUT2D eigenvalue weighted by Gasteiger charge is 2.24. The van der Waals surface area contributed by atoms with Crippen molar-refractivity contribution in [3.63, 3.8) is 0 Å². The van der Waals surface area contributed by atoms with Gasteiger partial charge in [0.2, 0.25) is 0 Å². The number of carbonyl (C=O) groups excluding carboxylic acids is 1. The molecule has 3 heterocycles. The van der Waals surface area contributed by atoms with Crippen LogP contribution in [0.15, 0.2) is 12.1 Å². The molecule has 0 spiro atoms. The SMILES string of the molecule is CCCCc1ccc2c(N)c(C(=O)N3CCOCC3)sc2n1. The number of nitrogens with two attached hydrogens (primary N) is 1.